The third-order valence-electron chi connectivity index (χ3n) is 5.81. The first kappa shape index (κ1) is 20.1. The van der Waals surface area contributed by atoms with Crippen LogP contribution in [-0.4, -0.2) is 34.4 Å². The van der Waals surface area contributed by atoms with Crippen molar-refractivity contribution < 1.29 is 4.79 Å². The molecular formula is C25H18ClN5O. The Labute approximate surface area is 189 Å². The number of Topliss-reactive ketones (excluding diaryl/α,β-unsaturated/α-hetero) is 1. The Morgan fingerprint density at radius 3 is 2.75 bits per heavy atom. The lowest BCUT2D eigenvalue weighted by atomic mass is 9.91. The van der Waals surface area contributed by atoms with E-state index in [0.717, 1.165) is 33.2 Å². The number of ketones is 1. The number of rotatable bonds is 3. The summed E-state index contributed by atoms with van der Waals surface area (Å²) in [6, 6.07) is 15.2. The van der Waals surface area contributed by atoms with Crippen molar-refractivity contribution in [3.8, 4) is 22.4 Å². The summed E-state index contributed by atoms with van der Waals surface area (Å²) >= 11 is 6.86. The molecule has 7 heteroatoms. The zero-order chi connectivity index (χ0) is 22.4. The van der Waals surface area contributed by atoms with Gasteiger partial charge < -0.3 is 5.73 Å². The number of hydrogen-bond donors (Lipinski definition) is 1. The Morgan fingerprint density at radius 2 is 1.97 bits per heavy atom. The molecule has 0 bridgehead atoms. The molecule has 0 radical (unpaired) electrons. The molecule has 6 nitrogen and oxygen atoms in total. The fraction of sp³-hybridized carbons (Fsp3) is 0.120. The van der Waals surface area contributed by atoms with Crippen molar-refractivity contribution in [2.24, 2.45) is 17.8 Å². The van der Waals surface area contributed by atoms with E-state index in [2.05, 4.69) is 14.9 Å². The molecule has 1 aliphatic heterocycles. The van der Waals surface area contributed by atoms with Gasteiger partial charge in [0.25, 0.3) is 0 Å². The van der Waals surface area contributed by atoms with Crippen LogP contribution >= 0.6 is 11.6 Å². The normalized spacial score (nSPS) is 13.1. The van der Waals surface area contributed by atoms with Crippen LogP contribution in [0, 0.1) is 6.57 Å². The highest BCUT2D eigenvalue weighted by Gasteiger charge is 2.24. The van der Waals surface area contributed by atoms with Crippen molar-refractivity contribution in [1.82, 2.24) is 9.78 Å². The minimum Gasteiger partial charge on any atom is -0.325 e. The lowest BCUT2D eigenvalue weighted by molar-refractivity contribution is 0.1000. The molecule has 0 spiro atoms. The number of aromatic nitrogens is 2. The summed E-state index contributed by atoms with van der Waals surface area (Å²) in [5.41, 5.74) is 11.4. The summed E-state index contributed by atoms with van der Waals surface area (Å²) in [4.78, 5) is 20.4. The predicted octanol–water partition coefficient (Wildman–Crippen LogP) is 5.06. The first-order valence-electron chi connectivity index (χ1n) is 10.1. The van der Waals surface area contributed by atoms with Crippen LogP contribution in [0.4, 0.5) is 5.69 Å². The standard InChI is InChI=1S/C25H18ClN5O/c1-28-20-10-14-5-3-4-6-16(14)24(26)23(20)25-19(12-30-31(25)2)15-7-8-17-18(9-15)21(11-27)29-13-22(17)32/h3-10,12H,11,13,27H2,2H3. The second kappa shape index (κ2) is 7.72. The zero-order valence-corrected chi connectivity index (χ0v) is 18.0. The third kappa shape index (κ3) is 3.02. The Hall–Kier alpha value is -3.79. The molecule has 5 rings (SSSR count). The van der Waals surface area contributed by atoms with Gasteiger partial charge in [-0.3, -0.25) is 14.5 Å². The molecule has 1 aliphatic rings. The Balaban J connectivity index is 1.77. The van der Waals surface area contributed by atoms with Crippen LogP contribution in [0.3, 0.4) is 0 Å². The van der Waals surface area contributed by atoms with E-state index in [0.29, 0.717) is 27.5 Å². The van der Waals surface area contributed by atoms with Crippen LogP contribution in [0.15, 0.2) is 59.7 Å². The fourth-order valence-electron chi connectivity index (χ4n) is 4.25. The van der Waals surface area contributed by atoms with Crippen molar-refractivity contribution in [1.29, 1.82) is 0 Å². The van der Waals surface area contributed by atoms with Gasteiger partial charge in [0, 0.05) is 40.9 Å². The van der Waals surface area contributed by atoms with Crippen molar-refractivity contribution in [2.75, 3.05) is 13.1 Å². The van der Waals surface area contributed by atoms with Gasteiger partial charge in [0.05, 0.1) is 24.2 Å². The molecule has 156 valence electrons. The maximum atomic E-state index is 12.3. The van der Waals surface area contributed by atoms with Crippen LogP contribution in [-0.2, 0) is 7.05 Å². The van der Waals surface area contributed by atoms with Gasteiger partial charge in [-0.15, -0.1) is 0 Å². The third-order valence-corrected chi connectivity index (χ3v) is 6.20. The van der Waals surface area contributed by atoms with E-state index in [1.165, 1.54) is 0 Å². The number of aryl methyl sites for hydroxylation is 1. The highest BCUT2D eigenvalue weighted by Crippen LogP contribution is 2.45. The molecule has 2 heterocycles. The van der Waals surface area contributed by atoms with E-state index < -0.39 is 0 Å². The summed E-state index contributed by atoms with van der Waals surface area (Å²) in [6.45, 7) is 8.15. The molecule has 0 saturated carbocycles. The number of fused-ring (bicyclic) bond motifs is 2. The predicted molar refractivity (Wildman–Crippen MR) is 128 cm³/mol. The SMILES string of the molecule is [C-]#[N+]c1cc2ccccc2c(Cl)c1-c1c(-c2ccc3c(c2)C(CN)=NCC3=O)cnn1C. The Kier molecular flexibility index (Phi) is 4.86. The average Bonchev–Trinajstić information content (AvgIpc) is 3.20. The quantitative estimate of drug-likeness (QED) is 0.453. The molecule has 0 atom stereocenters. The number of carbonyl (C=O) groups is 1. The number of nitrogens with zero attached hydrogens (tertiary/aromatic N) is 4. The van der Waals surface area contributed by atoms with Crippen molar-refractivity contribution in [3.05, 3.63) is 82.3 Å². The summed E-state index contributed by atoms with van der Waals surface area (Å²) in [7, 11) is 1.83. The average molecular weight is 440 g/mol. The molecule has 0 fully saturated rings. The molecule has 0 aliphatic carbocycles. The number of hydrogen-bond acceptors (Lipinski definition) is 4. The summed E-state index contributed by atoms with van der Waals surface area (Å²) < 4.78 is 1.72. The largest absolute Gasteiger partial charge is 0.325 e. The minimum absolute atomic E-state index is 0.0250. The second-order valence-electron chi connectivity index (χ2n) is 7.60. The number of carbonyl (C=O) groups excluding carboxylic acids is 1. The monoisotopic (exact) mass is 439 g/mol. The van der Waals surface area contributed by atoms with Gasteiger partial charge >= 0.3 is 0 Å². The second-order valence-corrected chi connectivity index (χ2v) is 7.98. The Bertz CT molecular complexity index is 1490. The Morgan fingerprint density at radius 1 is 1.16 bits per heavy atom. The maximum Gasteiger partial charge on any atom is 0.198 e. The van der Waals surface area contributed by atoms with Crippen molar-refractivity contribution >= 4 is 39.6 Å². The zero-order valence-electron chi connectivity index (χ0n) is 17.3. The van der Waals surface area contributed by atoms with Crippen molar-refractivity contribution in [3.63, 3.8) is 0 Å². The lowest BCUT2D eigenvalue weighted by Crippen LogP contribution is -2.24. The van der Waals surface area contributed by atoms with Gasteiger partial charge in [0.15, 0.2) is 11.5 Å². The molecule has 32 heavy (non-hydrogen) atoms. The minimum atomic E-state index is -0.0250. The van der Waals surface area contributed by atoms with Gasteiger partial charge in [0.1, 0.15) is 6.54 Å². The first-order valence-corrected chi connectivity index (χ1v) is 10.4. The smallest absolute Gasteiger partial charge is 0.198 e. The van der Waals surface area contributed by atoms with E-state index in [1.54, 1.807) is 10.9 Å². The fourth-order valence-corrected chi connectivity index (χ4v) is 4.61. The summed E-state index contributed by atoms with van der Waals surface area (Å²) in [5.74, 6) is -0.0250. The highest BCUT2D eigenvalue weighted by molar-refractivity contribution is 6.39. The van der Waals surface area contributed by atoms with E-state index in [9.17, 15) is 4.79 Å². The van der Waals surface area contributed by atoms with Gasteiger partial charge in [0.2, 0.25) is 0 Å². The molecule has 4 aromatic rings. The topological polar surface area (TPSA) is 77.6 Å². The van der Waals surface area contributed by atoms with E-state index in [4.69, 9.17) is 23.9 Å². The van der Waals surface area contributed by atoms with Crippen LogP contribution in [0.5, 0.6) is 0 Å². The molecule has 0 unspecified atom stereocenters. The number of aliphatic imine (C=N–C) groups is 1. The van der Waals surface area contributed by atoms with Crippen LogP contribution in [0.25, 0.3) is 38.0 Å². The molecule has 3 aromatic carbocycles. The molecule has 1 aromatic heterocycles. The van der Waals surface area contributed by atoms with Crippen LogP contribution in [0.1, 0.15) is 15.9 Å². The summed E-state index contributed by atoms with van der Waals surface area (Å²) in [6.07, 6.45) is 1.75. The van der Waals surface area contributed by atoms with Crippen molar-refractivity contribution in [2.45, 2.75) is 0 Å². The van der Waals surface area contributed by atoms with E-state index >= 15 is 0 Å². The van der Waals surface area contributed by atoms with Crippen LogP contribution < -0.4 is 5.73 Å². The molecule has 2 N–H and O–H groups in total. The molecular weight excluding hydrogens is 422 g/mol. The van der Waals surface area contributed by atoms with Gasteiger partial charge in [-0.2, -0.15) is 5.10 Å². The van der Waals surface area contributed by atoms with E-state index in [-0.39, 0.29) is 18.9 Å². The van der Waals surface area contributed by atoms with Crippen LogP contribution in [0.2, 0.25) is 5.02 Å². The van der Waals surface area contributed by atoms with Gasteiger partial charge in [-0.05, 0) is 28.5 Å². The number of halogens is 1. The lowest BCUT2D eigenvalue weighted by Gasteiger charge is -2.17. The van der Waals surface area contributed by atoms with E-state index in [1.807, 2.05) is 55.6 Å². The molecule has 0 amide bonds. The number of benzene rings is 3. The molecule has 0 saturated heterocycles. The number of nitrogens with two attached hydrogens (primary N) is 1. The highest BCUT2D eigenvalue weighted by atomic mass is 35.5. The first-order chi connectivity index (χ1) is 15.5. The van der Waals surface area contributed by atoms with Gasteiger partial charge in [-0.1, -0.05) is 48.0 Å². The van der Waals surface area contributed by atoms with Gasteiger partial charge in [-0.25, -0.2) is 4.85 Å². The summed E-state index contributed by atoms with van der Waals surface area (Å²) in [5, 5.41) is 6.76. The maximum absolute atomic E-state index is 12.3.